The van der Waals surface area contributed by atoms with Crippen molar-refractivity contribution in [2.24, 2.45) is 0 Å². The first kappa shape index (κ1) is 13.5. The largest absolute Gasteiger partial charge is 0.350 e. The fourth-order valence-electron chi connectivity index (χ4n) is 3.33. The smallest absolute Gasteiger partial charge is 0.230 e. The summed E-state index contributed by atoms with van der Waals surface area (Å²) in [5.74, 6) is 1.93. The summed E-state index contributed by atoms with van der Waals surface area (Å²) in [6.45, 7) is 1.56. The van der Waals surface area contributed by atoms with Crippen LogP contribution in [-0.2, 0) is 11.2 Å². The van der Waals surface area contributed by atoms with Gasteiger partial charge in [0.2, 0.25) is 17.6 Å². The molecule has 1 aromatic heterocycles. The molecular formula is C17H19N3O2. The third-order valence-electron chi connectivity index (χ3n) is 4.75. The molecule has 2 aliphatic rings. The molecule has 1 aromatic carbocycles. The lowest BCUT2D eigenvalue weighted by molar-refractivity contribution is -0.119. The summed E-state index contributed by atoms with van der Waals surface area (Å²) in [5, 5.41) is 7.13. The maximum atomic E-state index is 11.3. The monoisotopic (exact) mass is 297 g/mol. The van der Waals surface area contributed by atoms with E-state index in [-0.39, 0.29) is 11.9 Å². The van der Waals surface area contributed by atoms with Crippen molar-refractivity contribution in [3.05, 3.63) is 35.2 Å². The lowest BCUT2D eigenvalue weighted by atomic mass is 9.85. The summed E-state index contributed by atoms with van der Waals surface area (Å²) >= 11 is 0. The van der Waals surface area contributed by atoms with Crippen LogP contribution in [0.2, 0.25) is 0 Å². The minimum absolute atomic E-state index is 0.0187. The number of rotatable bonds is 3. The molecule has 5 heteroatoms. The molecule has 1 N–H and O–H groups in total. The molecule has 1 fully saturated rings. The van der Waals surface area contributed by atoms with Crippen LogP contribution < -0.4 is 5.32 Å². The molecule has 2 aliphatic carbocycles. The van der Waals surface area contributed by atoms with E-state index < -0.39 is 0 Å². The first-order valence-corrected chi connectivity index (χ1v) is 7.94. The number of nitrogens with one attached hydrogen (secondary N) is 1. The summed E-state index contributed by atoms with van der Waals surface area (Å²) in [5.41, 5.74) is 3.48. The van der Waals surface area contributed by atoms with E-state index in [1.807, 2.05) is 6.07 Å². The van der Waals surface area contributed by atoms with Gasteiger partial charge in [0.15, 0.2) is 0 Å². The van der Waals surface area contributed by atoms with E-state index in [1.54, 1.807) is 6.92 Å². The second kappa shape index (κ2) is 5.23. The molecule has 0 radical (unpaired) electrons. The van der Waals surface area contributed by atoms with Crippen molar-refractivity contribution in [2.75, 3.05) is 0 Å². The van der Waals surface area contributed by atoms with Crippen LogP contribution in [0.3, 0.4) is 0 Å². The van der Waals surface area contributed by atoms with Gasteiger partial charge in [0.05, 0.1) is 6.04 Å². The molecule has 0 spiro atoms. The van der Waals surface area contributed by atoms with Crippen molar-refractivity contribution in [3.8, 4) is 11.4 Å². The fraction of sp³-hybridized carbons (Fsp3) is 0.471. The van der Waals surface area contributed by atoms with Crippen LogP contribution in [0.25, 0.3) is 11.4 Å². The van der Waals surface area contributed by atoms with Crippen LogP contribution in [0.4, 0.5) is 0 Å². The maximum Gasteiger partial charge on any atom is 0.230 e. The molecule has 5 nitrogen and oxygen atoms in total. The highest BCUT2D eigenvalue weighted by atomic mass is 16.5. The highest BCUT2D eigenvalue weighted by molar-refractivity contribution is 5.73. The lowest BCUT2D eigenvalue weighted by Crippen LogP contribution is -2.24. The lowest BCUT2D eigenvalue weighted by Gasteiger charge is -2.20. The van der Waals surface area contributed by atoms with Crippen LogP contribution in [-0.4, -0.2) is 16.0 Å². The van der Waals surface area contributed by atoms with Crippen LogP contribution >= 0.6 is 0 Å². The molecule has 4 rings (SSSR count). The molecule has 1 atom stereocenters. The molecule has 1 amide bonds. The predicted molar refractivity (Wildman–Crippen MR) is 81.2 cm³/mol. The van der Waals surface area contributed by atoms with E-state index in [2.05, 4.69) is 27.6 Å². The van der Waals surface area contributed by atoms with Crippen molar-refractivity contribution in [3.63, 3.8) is 0 Å². The molecule has 2 aromatic rings. The van der Waals surface area contributed by atoms with Crippen molar-refractivity contribution in [1.82, 2.24) is 15.5 Å². The minimum Gasteiger partial charge on any atom is -0.350 e. The molecule has 0 bridgehead atoms. The number of benzene rings is 1. The first-order valence-electron chi connectivity index (χ1n) is 7.94. The van der Waals surface area contributed by atoms with Gasteiger partial charge in [-0.1, -0.05) is 23.7 Å². The number of hydrogen-bond acceptors (Lipinski definition) is 4. The van der Waals surface area contributed by atoms with E-state index in [0.717, 1.165) is 37.1 Å². The van der Waals surface area contributed by atoms with Gasteiger partial charge in [-0.25, -0.2) is 0 Å². The first-order chi connectivity index (χ1) is 10.7. The van der Waals surface area contributed by atoms with E-state index in [9.17, 15) is 4.79 Å². The Labute approximate surface area is 129 Å². The number of aromatic nitrogens is 2. The number of carbonyl (C=O) groups is 1. The average molecular weight is 297 g/mol. The molecule has 1 saturated carbocycles. The Morgan fingerprint density at radius 2 is 2.18 bits per heavy atom. The topological polar surface area (TPSA) is 68.0 Å². The summed E-state index contributed by atoms with van der Waals surface area (Å²) in [6.07, 6.45) is 5.50. The Kier molecular flexibility index (Phi) is 3.21. The second-order valence-corrected chi connectivity index (χ2v) is 6.29. The Morgan fingerprint density at radius 1 is 1.32 bits per heavy atom. The van der Waals surface area contributed by atoms with Gasteiger partial charge in [0, 0.05) is 18.4 Å². The Bertz CT molecular complexity index is 718. The molecule has 0 aliphatic heterocycles. The summed E-state index contributed by atoms with van der Waals surface area (Å²) in [7, 11) is 0. The number of fused-ring (bicyclic) bond motifs is 1. The van der Waals surface area contributed by atoms with Gasteiger partial charge in [0.25, 0.3) is 0 Å². The van der Waals surface area contributed by atoms with E-state index in [1.165, 1.54) is 17.5 Å². The van der Waals surface area contributed by atoms with Gasteiger partial charge in [-0.15, -0.1) is 0 Å². The molecule has 114 valence electrons. The Balaban J connectivity index is 1.59. The zero-order valence-corrected chi connectivity index (χ0v) is 12.6. The average Bonchev–Trinajstić information content (AvgIpc) is 3.04. The minimum atomic E-state index is 0.0187. The molecule has 0 saturated heterocycles. The van der Waals surface area contributed by atoms with Crippen molar-refractivity contribution in [2.45, 2.75) is 51.0 Å². The van der Waals surface area contributed by atoms with Gasteiger partial charge in [-0.2, -0.15) is 4.98 Å². The number of carbonyl (C=O) groups excluding carboxylic acids is 1. The van der Waals surface area contributed by atoms with E-state index in [0.29, 0.717) is 11.7 Å². The molecular weight excluding hydrogens is 278 g/mol. The maximum absolute atomic E-state index is 11.3. The highest BCUT2D eigenvalue weighted by Crippen LogP contribution is 2.37. The van der Waals surface area contributed by atoms with Gasteiger partial charge in [-0.05, 0) is 42.9 Å². The summed E-state index contributed by atoms with van der Waals surface area (Å²) in [4.78, 5) is 15.8. The number of nitrogens with zero attached hydrogens (tertiary/aromatic N) is 2. The quantitative estimate of drug-likeness (QED) is 0.945. The number of amides is 1. The third-order valence-corrected chi connectivity index (χ3v) is 4.75. The summed E-state index contributed by atoms with van der Waals surface area (Å²) in [6, 6.07) is 6.37. The van der Waals surface area contributed by atoms with Gasteiger partial charge < -0.3 is 9.84 Å². The summed E-state index contributed by atoms with van der Waals surface area (Å²) < 4.78 is 5.40. The van der Waals surface area contributed by atoms with Gasteiger partial charge >= 0.3 is 0 Å². The third kappa shape index (κ3) is 2.30. The fourth-order valence-corrected chi connectivity index (χ4v) is 3.33. The Morgan fingerprint density at radius 3 is 2.91 bits per heavy atom. The van der Waals surface area contributed by atoms with Gasteiger partial charge in [-0.3, -0.25) is 4.79 Å². The van der Waals surface area contributed by atoms with Crippen molar-refractivity contribution < 1.29 is 9.32 Å². The zero-order valence-electron chi connectivity index (χ0n) is 12.6. The van der Waals surface area contributed by atoms with Gasteiger partial charge in [0.1, 0.15) is 0 Å². The van der Waals surface area contributed by atoms with Crippen LogP contribution in [0.5, 0.6) is 0 Å². The Hall–Kier alpha value is -2.17. The van der Waals surface area contributed by atoms with Crippen LogP contribution in [0.1, 0.15) is 61.6 Å². The van der Waals surface area contributed by atoms with Crippen molar-refractivity contribution >= 4 is 5.91 Å². The zero-order chi connectivity index (χ0) is 15.1. The molecule has 0 unspecified atom stereocenters. The van der Waals surface area contributed by atoms with E-state index >= 15 is 0 Å². The number of hydrogen-bond donors (Lipinski definition) is 1. The second-order valence-electron chi connectivity index (χ2n) is 6.29. The highest BCUT2D eigenvalue weighted by Gasteiger charge is 2.27. The normalized spacial score (nSPS) is 20.5. The van der Waals surface area contributed by atoms with Crippen LogP contribution in [0, 0.1) is 0 Å². The SMILES string of the molecule is CC(=O)N[C@@H]1CCc2cc(-c3noc(C4CCC4)n3)ccc21. The molecule has 1 heterocycles. The van der Waals surface area contributed by atoms with Crippen molar-refractivity contribution in [1.29, 1.82) is 0 Å². The van der Waals surface area contributed by atoms with Crippen LogP contribution in [0.15, 0.2) is 22.7 Å². The molecule has 22 heavy (non-hydrogen) atoms. The predicted octanol–water partition coefficient (Wildman–Crippen LogP) is 3.13. The standard InChI is InChI=1S/C17H19N3O2/c1-10(21)18-15-8-6-12-9-13(5-7-14(12)15)16-19-17(22-20-16)11-3-2-4-11/h5,7,9,11,15H,2-4,6,8H2,1H3,(H,18,21)/t15-/m1/s1. The number of aryl methyl sites for hydroxylation is 1. The van der Waals surface area contributed by atoms with E-state index in [4.69, 9.17) is 4.52 Å².